The lowest BCUT2D eigenvalue weighted by molar-refractivity contribution is -0.151. The molecule has 0 amide bonds. The molecule has 6 nitrogen and oxygen atoms in total. The fraction of sp³-hybridized carbons (Fsp3) is 0.788. The van der Waals surface area contributed by atoms with E-state index in [0.29, 0.717) is 30.3 Å². The molecule has 4 aliphatic carbocycles. The van der Waals surface area contributed by atoms with E-state index in [-0.39, 0.29) is 52.6 Å². The summed E-state index contributed by atoms with van der Waals surface area (Å²) in [5, 5.41) is 0. The molecule has 1 aliphatic heterocycles. The first kappa shape index (κ1) is 28.4. The van der Waals surface area contributed by atoms with Crippen molar-refractivity contribution in [2.45, 2.75) is 112 Å². The third kappa shape index (κ3) is 4.88. The van der Waals surface area contributed by atoms with Crippen molar-refractivity contribution in [2.75, 3.05) is 6.61 Å². The summed E-state index contributed by atoms with van der Waals surface area (Å²) in [5.74, 6) is 2.53. The molecule has 216 valence electrons. The Labute approximate surface area is 234 Å². The second-order valence-corrected chi connectivity index (χ2v) is 14.0. The smallest absolute Gasteiger partial charge is 0.302 e. The van der Waals surface area contributed by atoms with Crippen LogP contribution in [0.3, 0.4) is 0 Å². The van der Waals surface area contributed by atoms with Crippen LogP contribution in [0.1, 0.15) is 99.8 Å². The molecule has 0 unspecified atom stereocenters. The highest BCUT2D eigenvalue weighted by Gasteiger charge is 2.63. The van der Waals surface area contributed by atoms with E-state index < -0.39 is 0 Å². The van der Waals surface area contributed by atoms with Crippen LogP contribution in [-0.4, -0.2) is 36.5 Å². The Balaban J connectivity index is 1.47. The van der Waals surface area contributed by atoms with E-state index in [9.17, 15) is 14.4 Å². The summed E-state index contributed by atoms with van der Waals surface area (Å²) in [4.78, 5) is 36.6. The second kappa shape index (κ2) is 10.4. The standard InChI is InChI=1S/C33H48O6/c1-18-14-26(20(3)34)31(37-17-18)19(2)30-29(39-22(5)36)16-28-25-9-8-23-15-24(38-21(4)35)10-12-32(23,6)27(25)11-13-33(28,30)7/h8,18-19,24-25,27-30H,9-17H2,1-7H3/t18-,19-,24-,25+,27-,28-,29-,30-,32-,33-/m0/s1. The van der Waals surface area contributed by atoms with Crippen LogP contribution in [0, 0.1) is 46.3 Å². The van der Waals surface area contributed by atoms with Crippen LogP contribution in [0.15, 0.2) is 23.0 Å². The molecule has 3 saturated carbocycles. The fourth-order valence-electron chi connectivity index (χ4n) is 9.93. The van der Waals surface area contributed by atoms with Gasteiger partial charge in [-0.1, -0.05) is 39.3 Å². The Morgan fingerprint density at radius 2 is 1.72 bits per heavy atom. The van der Waals surface area contributed by atoms with Gasteiger partial charge in [0.1, 0.15) is 18.0 Å². The highest BCUT2D eigenvalue weighted by Crippen LogP contribution is 2.68. The number of allylic oxidation sites excluding steroid dienone is 3. The summed E-state index contributed by atoms with van der Waals surface area (Å²) in [6.07, 6.45) is 10.0. The molecular formula is C33H48O6. The van der Waals surface area contributed by atoms with Crippen molar-refractivity contribution in [2.24, 2.45) is 46.3 Å². The molecule has 5 rings (SSSR count). The first-order chi connectivity index (χ1) is 18.3. The number of Topliss-reactive ketones (excluding diaryl/α,β-unsaturated/α-hetero) is 1. The molecule has 5 aliphatic rings. The maximum Gasteiger partial charge on any atom is 0.302 e. The number of carbonyl (C=O) groups excluding carboxylic acids is 3. The summed E-state index contributed by atoms with van der Waals surface area (Å²) in [6, 6.07) is 0. The van der Waals surface area contributed by atoms with Crippen LogP contribution in [-0.2, 0) is 28.6 Å². The minimum Gasteiger partial charge on any atom is -0.497 e. The van der Waals surface area contributed by atoms with Crippen LogP contribution in [0.2, 0.25) is 0 Å². The number of carbonyl (C=O) groups is 3. The maximum absolute atomic E-state index is 12.7. The van der Waals surface area contributed by atoms with Gasteiger partial charge in [-0.25, -0.2) is 0 Å². The average molecular weight is 541 g/mol. The Bertz CT molecular complexity index is 1090. The van der Waals surface area contributed by atoms with Gasteiger partial charge < -0.3 is 14.2 Å². The lowest BCUT2D eigenvalue weighted by Gasteiger charge is -2.58. The lowest BCUT2D eigenvalue weighted by Crippen LogP contribution is -2.51. The van der Waals surface area contributed by atoms with Gasteiger partial charge in [-0.3, -0.25) is 14.4 Å². The molecule has 0 aromatic rings. The van der Waals surface area contributed by atoms with Gasteiger partial charge in [0, 0.05) is 37.7 Å². The zero-order valence-corrected chi connectivity index (χ0v) is 25.0. The monoisotopic (exact) mass is 540 g/mol. The van der Waals surface area contributed by atoms with Crippen LogP contribution >= 0.6 is 0 Å². The van der Waals surface area contributed by atoms with Crippen LogP contribution in [0.5, 0.6) is 0 Å². The van der Waals surface area contributed by atoms with E-state index in [0.717, 1.165) is 62.7 Å². The van der Waals surface area contributed by atoms with Gasteiger partial charge in [-0.2, -0.15) is 0 Å². The van der Waals surface area contributed by atoms with Crippen molar-refractivity contribution in [3.05, 3.63) is 23.0 Å². The molecule has 0 bridgehead atoms. The number of hydrogen-bond acceptors (Lipinski definition) is 6. The predicted octanol–water partition coefficient (Wildman–Crippen LogP) is 6.57. The van der Waals surface area contributed by atoms with Gasteiger partial charge >= 0.3 is 11.9 Å². The molecule has 6 heteroatoms. The van der Waals surface area contributed by atoms with E-state index in [1.54, 1.807) is 6.92 Å². The first-order valence-electron chi connectivity index (χ1n) is 15.3. The molecule has 1 heterocycles. The molecule has 0 saturated heterocycles. The predicted molar refractivity (Wildman–Crippen MR) is 148 cm³/mol. The van der Waals surface area contributed by atoms with Gasteiger partial charge in [-0.15, -0.1) is 0 Å². The topological polar surface area (TPSA) is 78.9 Å². The minimum absolute atomic E-state index is 0.000697. The number of hydrogen-bond donors (Lipinski definition) is 0. The zero-order valence-electron chi connectivity index (χ0n) is 25.0. The number of ketones is 1. The van der Waals surface area contributed by atoms with Crippen molar-refractivity contribution in [3.8, 4) is 0 Å². The van der Waals surface area contributed by atoms with Gasteiger partial charge in [0.25, 0.3) is 0 Å². The van der Waals surface area contributed by atoms with Gasteiger partial charge in [-0.05, 0) is 86.4 Å². The third-order valence-corrected chi connectivity index (χ3v) is 11.5. The van der Waals surface area contributed by atoms with Gasteiger partial charge in [0.2, 0.25) is 0 Å². The number of rotatable bonds is 5. The zero-order chi connectivity index (χ0) is 28.3. The lowest BCUT2D eigenvalue weighted by atomic mass is 9.47. The molecule has 0 N–H and O–H groups in total. The van der Waals surface area contributed by atoms with Crippen LogP contribution in [0.25, 0.3) is 0 Å². The van der Waals surface area contributed by atoms with E-state index in [4.69, 9.17) is 14.2 Å². The maximum atomic E-state index is 12.7. The van der Waals surface area contributed by atoms with E-state index in [2.05, 4.69) is 33.8 Å². The quantitative estimate of drug-likeness (QED) is 0.290. The summed E-state index contributed by atoms with van der Waals surface area (Å²) in [7, 11) is 0. The van der Waals surface area contributed by atoms with E-state index >= 15 is 0 Å². The van der Waals surface area contributed by atoms with E-state index in [1.165, 1.54) is 19.4 Å². The van der Waals surface area contributed by atoms with Crippen molar-refractivity contribution >= 4 is 17.7 Å². The Kier molecular flexibility index (Phi) is 7.56. The minimum atomic E-state index is -0.225. The summed E-state index contributed by atoms with van der Waals surface area (Å²) >= 11 is 0. The fourth-order valence-corrected chi connectivity index (χ4v) is 9.93. The normalized spacial score (nSPS) is 42.2. The molecule has 3 fully saturated rings. The molecule has 10 atom stereocenters. The molecular weight excluding hydrogens is 492 g/mol. The van der Waals surface area contributed by atoms with Gasteiger partial charge in [0.15, 0.2) is 5.78 Å². The van der Waals surface area contributed by atoms with Crippen LogP contribution < -0.4 is 0 Å². The molecule has 0 spiro atoms. The van der Waals surface area contributed by atoms with Crippen LogP contribution in [0.4, 0.5) is 0 Å². The van der Waals surface area contributed by atoms with E-state index in [1.807, 2.05) is 0 Å². The largest absolute Gasteiger partial charge is 0.497 e. The summed E-state index contributed by atoms with van der Waals surface area (Å²) < 4.78 is 18.0. The Morgan fingerprint density at radius 3 is 2.38 bits per heavy atom. The third-order valence-electron chi connectivity index (χ3n) is 11.5. The first-order valence-corrected chi connectivity index (χ1v) is 15.3. The van der Waals surface area contributed by atoms with Crippen molar-refractivity contribution in [1.29, 1.82) is 0 Å². The summed E-state index contributed by atoms with van der Waals surface area (Å²) in [5.41, 5.74) is 2.43. The number of fused-ring (bicyclic) bond motifs is 5. The Morgan fingerprint density at radius 1 is 1.00 bits per heavy atom. The SMILES string of the molecule is CC(=O)O[C@H]1CC[C@@]2(C)C(=CC[C@H]3[C@@H]4C[C@H](OC(C)=O)[C@H]([C@H](C)C5=C(C(C)=O)C[C@H](C)CO5)[C@@]4(C)CC[C@@H]32)C1. The van der Waals surface area contributed by atoms with Crippen molar-refractivity contribution < 1.29 is 28.6 Å². The highest BCUT2D eigenvalue weighted by atomic mass is 16.5. The van der Waals surface area contributed by atoms with Crippen molar-refractivity contribution in [1.82, 2.24) is 0 Å². The molecule has 0 aromatic carbocycles. The second-order valence-electron chi connectivity index (χ2n) is 14.0. The Hall–Kier alpha value is -2.11. The summed E-state index contributed by atoms with van der Waals surface area (Å²) in [6.45, 7) is 14.5. The average Bonchev–Trinajstić information content (AvgIpc) is 3.14. The number of esters is 2. The molecule has 0 aromatic heterocycles. The van der Waals surface area contributed by atoms with Crippen molar-refractivity contribution in [3.63, 3.8) is 0 Å². The molecule has 0 radical (unpaired) electrons. The molecule has 39 heavy (non-hydrogen) atoms. The van der Waals surface area contributed by atoms with Gasteiger partial charge in [0.05, 0.1) is 6.61 Å². The number of ether oxygens (including phenoxy) is 3. The highest BCUT2D eigenvalue weighted by molar-refractivity contribution is 5.94.